The Morgan fingerprint density at radius 1 is 1.30 bits per heavy atom. The second-order valence-electron chi connectivity index (χ2n) is 5.14. The molecule has 6 heteroatoms. The highest BCUT2D eigenvalue weighted by atomic mass is 32.2. The summed E-state index contributed by atoms with van der Waals surface area (Å²) >= 11 is 1.55. The summed E-state index contributed by atoms with van der Waals surface area (Å²) in [4.78, 5) is 23.3. The first-order chi connectivity index (χ1) is 9.30. The Morgan fingerprint density at radius 3 is 2.45 bits per heavy atom. The van der Waals surface area contributed by atoms with Gasteiger partial charge in [-0.1, -0.05) is 19.1 Å². The van der Waals surface area contributed by atoms with E-state index in [-0.39, 0.29) is 0 Å². The third-order valence-electron chi connectivity index (χ3n) is 2.08. The number of alkyl carbamates (subject to hydrolysis) is 1. The lowest BCUT2D eigenvalue weighted by Crippen LogP contribution is -2.45. The second kappa shape index (κ2) is 9.69. The Bertz CT molecular complexity index is 337. The van der Waals surface area contributed by atoms with Gasteiger partial charge in [-0.25, -0.2) is 9.59 Å². The molecule has 0 unspecified atom stereocenters. The van der Waals surface area contributed by atoms with E-state index in [9.17, 15) is 9.59 Å². The van der Waals surface area contributed by atoms with E-state index in [0.717, 1.165) is 12.2 Å². The number of carbonyl (C=O) groups is 2. The van der Waals surface area contributed by atoms with Gasteiger partial charge < -0.3 is 14.8 Å². The smallest absolute Gasteiger partial charge is 0.408 e. The number of carbonyl (C=O) groups excluding carboxylic acids is 2. The maximum Gasteiger partial charge on any atom is 0.408 e. The Morgan fingerprint density at radius 2 is 1.95 bits per heavy atom. The molecule has 0 saturated carbocycles. The summed E-state index contributed by atoms with van der Waals surface area (Å²) in [5, 5.41) is 2.53. The SMILES string of the molecule is CCC=CCSC[C@H](NC(=O)OC(C)(C)C)C(=O)OC. The lowest BCUT2D eigenvalue weighted by atomic mass is 10.2. The van der Waals surface area contributed by atoms with E-state index < -0.39 is 23.7 Å². The van der Waals surface area contributed by atoms with Crippen molar-refractivity contribution in [3.8, 4) is 0 Å². The van der Waals surface area contributed by atoms with Crippen LogP contribution < -0.4 is 5.32 Å². The lowest BCUT2D eigenvalue weighted by molar-refractivity contribution is -0.142. The predicted octanol–water partition coefficient (Wildman–Crippen LogP) is 2.75. The Hall–Kier alpha value is -1.17. The van der Waals surface area contributed by atoms with Gasteiger partial charge in [-0.2, -0.15) is 11.8 Å². The molecule has 0 aliphatic rings. The van der Waals surface area contributed by atoms with Crippen LogP contribution in [-0.4, -0.2) is 42.3 Å². The minimum absolute atomic E-state index is 0.444. The van der Waals surface area contributed by atoms with Crippen LogP contribution in [0.4, 0.5) is 4.79 Å². The number of hydrogen-bond acceptors (Lipinski definition) is 5. The molecular weight excluding hydrogens is 278 g/mol. The quantitative estimate of drug-likeness (QED) is 0.445. The van der Waals surface area contributed by atoms with Crippen molar-refractivity contribution in [1.29, 1.82) is 0 Å². The van der Waals surface area contributed by atoms with E-state index in [4.69, 9.17) is 4.74 Å². The number of hydrogen-bond donors (Lipinski definition) is 1. The van der Waals surface area contributed by atoms with Crippen molar-refractivity contribution >= 4 is 23.8 Å². The number of nitrogens with one attached hydrogen (secondary N) is 1. The van der Waals surface area contributed by atoms with Gasteiger partial charge in [-0.3, -0.25) is 0 Å². The van der Waals surface area contributed by atoms with Crippen molar-refractivity contribution in [3.63, 3.8) is 0 Å². The summed E-state index contributed by atoms with van der Waals surface area (Å²) in [5.74, 6) is 0.764. The van der Waals surface area contributed by atoms with Crippen molar-refractivity contribution in [2.24, 2.45) is 0 Å². The molecule has 0 aromatic rings. The molecule has 0 rings (SSSR count). The topological polar surface area (TPSA) is 64.6 Å². The van der Waals surface area contributed by atoms with E-state index >= 15 is 0 Å². The number of methoxy groups -OCH3 is 1. The monoisotopic (exact) mass is 303 g/mol. The van der Waals surface area contributed by atoms with E-state index in [1.165, 1.54) is 7.11 Å². The molecule has 0 aliphatic heterocycles. The van der Waals surface area contributed by atoms with Gasteiger partial charge in [0.1, 0.15) is 11.6 Å². The normalized spacial score (nSPS) is 13.1. The Balaban J connectivity index is 4.32. The minimum Gasteiger partial charge on any atom is -0.467 e. The molecule has 0 aromatic carbocycles. The van der Waals surface area contributed by atoms with E-state index in [1.54, 1.807) is 32.5 Å². The predicted molar refractivity (Wildman–Crippen MR) is 81.9 cm³/mol. The largest absolute Gasteiger partial charge is 0.467 e. The van der Waals surface area contributed by atoms with Crippen molar-refractivity contribution < 1.29 is 19.1 Å². The van der Waals surface area contributed by atoms with Crippen LogP contribution >= 0.6 is 11.8 Å². The highest BCUT2D eigenvalue weighted by Gasteiger charge is 2.24. The summed E-state index contributed by atoms with van der Waals surface area (Å²) in [6.45, 7) is 7.36. The van der Waals surface area contributed by atoms with Gasteiger partial charge in [0.05, 0.1) is 7.11 Å². The van der Waals surface area contributed by atoms with E-state index in [0.29, 0.717) is 5.75 Å². The molecule has 0 aliphatic carbocycles. The van der Waals surface area contributed by atoms with Crippen LogP contribution in [0.3, 0.4) is 0 Å². The molecule has 1 N–H and O–H groups in total. The maximum atomic E-state index is 11.7. The summed E-state index contributed by atoms with van der Waals surface area (Å²) in [6, 6.07) is -0.699. The summed E-state index contributed by atoms with van der Waals surface area (Å²) < 4.78 is 9.81. The van der Waals surface area contributed by atoms with E-state index in [1.807, 2.05) is 6.08 Å². The zero-order valence-electron chi connectivity index (χ0n) is 12.9. The number of rotatable bonds is 7. The summed E-state index contributed by atoms with van der Waals surface area (Å²) in [6.07, 6.45) is 4.46. The van der Waals surface area contributed by atoms with Crippen molar-refractivity contribution in [3.05, 3.63) is 12.2 Å². The van der Waals surface area contributed by atoms with Crippen LogP contribution in [0.15, 0.2) is 12.2 Å². The summed E-state index contributed by atoms with van der Waals surface area (Å²) in [5.41, 5.74) is -0.595. The first-order valence-corrected chi connectivity index (χ1v) is 7.75. The molecule has 5 nitrogen and oxygen atoms in total. The third kappa shape index (κ3) is 9.72. The molecule has 1 amide bonds. The Kier molecular flexibility index (Phi) is 9.12. The van der Waals surface area contributed by atoms with Crippen LogP contribution in [0.1, 0.15) is 34.1 Å². The molecule has 0 aromatic heterocycles. The molecule has 1 atom stereocenters. The average Bonchev–Trinajstić information content (AvgIpc) is 2.34. The van der Waals surface area contributed by atoms with Gasteiger partial charge in [0.25, 0.3) is 0 Å². The number of ether oxygens (including phenoxy) is 2. The molecule has 0 bridgehead atoms. The Labute approximate surface area is 125 Å². The maximum absolute atomic E-state index is 11.7. The number of amides is 1. The highest BCUT2D eigenvalue weighted by molar-refractivity contribution is 7.99. The molecule has 0 radical (unpaired) electrons. The van der Waals surface area contributed by atoms with Gasteiger partial charge in [-0.05, 0) is 27.2 Å². The zero-order chi connectivity index (χ0) is 15.6. The van der Waals surface area contributed by atoms with Crippen LogP contribution in [0, 0.1) is 0 Å². The van der Waals surface area contributed by atoms with Gasteiger partial charge in [0.2, 0.25) is 0 Å². The van der Waals surface area contributed by atoms with Crippen molar-refractivity contribution in [1.82, 2.24) is 5.32 Å². The standard InChI is InChI=1S/C14H25NO4S/c1-6-7-8-9-20-10-11(12(16)18-5)15-13(17)19-14(2,3)4/h7-8,11H,6,9-10H2,1-5H3,(H,15,17)/t11-/m0/s1. The van der Waals surface area contributed by atoms with Crippen molar-refractivity contribution in [2.45, 2.75) is 45.8 Å². The third-order valence-corrected chi connectivity index (χ3v) is 3.07. The molecule has 0 spiro atoms. The van der Waals surface area contributed by atoms with Crippen molar-refractivity contribution in [2.75, 3.05) is 18.6 Å². The van der Waals surface area contributed by atoms with Gasteiger partial charge >= 0.3 is 12.1 Å². The van der Waals surface area contributed by atoms with Crippen LogP contribution in [0.25, 0.3) is 0 Å². The fraction of sp³-hybridized carbons (Fsp3) is 0.714. The van der Waals surface area contributed by atoms with Gasteiger partial charge in [0, 0.05) is 11.5 Å². The zero-order valence-corrected chi connectivity index (χ0v) is 13.7. The summed E-state index contributed by atoms with van der Waals surface area (Å²) in [7, 11) is 1.30. The van der Waals surface area contributed by atoms with Gasteiger partial charge in [-0.15, -0.1) is 0 Å². The number of thioether (sulfide) groups is 1. The fourth-order valence-corrected chi connectivity index (χ4v) is 2.11. The molecule has 0 saturated heterocycles. The minimum atomic E-state index is -0.699. The molecule has 20 heavy (non-hydrogen) atoms. The molecule has 116 valence electrons. The molecular formula is C14H25NO4S. The molecule has 0 heterocycles. The molecule has 0 fully saturated rings. The highest BCUT2D eigenvalue weighted by Crippen LogP contribution is 2.09. The van der Waals surface area contributed by atoms with E-state index in [2.05, 4.69) is 23.1 Å². The van der Waals surface area contributed by atoms with Crippen LogP contribution in [0.2, 0.25) is 0 Å². The number of allylic oxidation sites excluding steroid dienone is 1. The fourth-order valence-electron chi connectivity index (χ4n) is 1.25. The van der Waals surface area contributed by atoms with Gasteiger partial charge in [0.15, 0.2) is 0 Å². The average molecular weight is 303 g/mol. The second-order valence-corrected chi connectivity index (χ2v) is 6.21. The first kappa shape index (κ1) is 18.8. The van der Waals surface area contributed by atoms with Crippen LogP contribution in [-0.2, 0) is 14.3 Å². The van der Waals surface area contributed by atoms with Crippen LogP contribution in [0.5, 0.6) is 0 Å². The number of esters is 1. The first-order valence-electron chi connectivity index (χ1n) is 6.60. The lowest BCUT2D eigenvalue weighted by Gasteiger charge is -2.22.